The predicted molar refractivity (Wildman–Crippen MR) is 136 cm³/mol. The number of amides is 1. The molecule has 0 bridgehead atoms. The zero-order valence-electron chi connectivity index (χ0n) is 19.5. The Hall–Kier alpha value is -3.89. The summed E-state index contributed by atoms with van der Waals surface area (Å²) in [6, 6.07) is 19.0. The van der Waals surface area contributed by atoms with E-state index in [1.165, 1.54) is 17.4 Å². The number of hydrogen-bond donors (Lipinski definition) is 1. The van der Waals surface area contributed by atoms with Gasteiger partial charge in [-0.05, 0) is 67.5 Å². The van der Waals surface area contributed by atoms with E-state index < -0.39 is 11.9 Å². The molecule has 0 atom stereocenters. The lowest BCUT2D eigenvalue weighted by atomic mass is 9.95. The van der Waals surface area contributed by atoms with E-state index in [0.29, 0.717) is 28.5 Å². The highest BCUT2D eigenvalue weighted by Crippen LogP contribution is 2.38. The Morgan fingerprint density at radius 1 is 1.09 bits per heavy atom. The van der Waals surface area contributed by atoms with Gasteiger partial charge in [-0.25, -0.2) is 4.79 Å². The van der Waals surface area contributed by atoms with Crippen LogP contribution < -0.4 is 10.1 Å². The molecule has 1 aliphatic rings. The lowest BCUT2D eigenvalue weighted by Crippen LogP contribution is -2.16. The molecule has 178 valence electrons. The Morgan fingerprint density at radius 3 is 2.54 bits per heavy atom. The Labute approximate surface area is 208 Å². The molecular formula is C28H26N2O4S. The van der Waals surface area contributed by atoms with Crippen LogP contribution in [-0.4, -0.2) is 18.5 Å². The largest absolute Gasteiger partial charge is 0.489 e. The van der Waals surface area contributed by atoms with Crippen LogP contribution in [0.4, 0.5) is 5.00 Å². The summed E-state index contributed by atoms with van der Waals surface area (Å²) in [7, 11) is 0. The molecule has 1 heterocycles. The molecular weight excluding hydrogens is 460 g/mol. The number of rotatable bonds is 8. The number of fused-ring (bicyclic) bond motifs is 1. The first kappa shape index (κ1) is 24.2. The normalized spacial score (nSPS) is 12.9. The molecule has 0 spiro atoms. The Kier molecular flexibility index (Phi) is 7.96. The number of anilines is 1. The Bertz CT molecular complexity index is 1270. The molecule has 0 saturated heterocycles. The van der Waals surface area contributed by atoms with Crippen LogP contribution in [0.2, 0.25) is 0 Å². The second kappa shape index (κ2) is 11.5. The standard InChI is InChI=1S/C28H26N2O4S/c1-2-33-28(32)25-23-10-6-7-11-24(23)35-27(25)30-26(31)21(17-29)16-19-12-14-22(15-13-19)34-18-20-8-4-3-5-9-20/h3-5,8-9,12-16H,2,6-7,10-11,18H2,1H3,(H,30,31)/b21-16+. The number of benzene rings is 2. The molecule has 0 saturated carbocycles. The van der Waals surface area contributed by atoms with Crippen LogP contribution in [-0.2, 0) is 29.0 Å². The van der Waals surface area contributed by atoms with Crippen molar-refractivity contribution < 1.29 is 19.1 Å². The fourth-order valence-electron chi connectivity index (χ4n) is 3.96. The second-order valence-electron chi connectivity index (χ2n) is 8.10. The monoisotopic (exact) mass is 486 g/mol. The first-order chi connectivity index (χ1) is 17.1. The number of carbonyl (C=O) groups excluding carboxylic acids is 2. The topological polar surface area (TPSA) is 88.4 Å². The lowest BCUT2D eigenvalue weighted by molar-refractivity contribution is -0.112. The highest BCUT2D eigenvalue weighted by molar-refractivity contribution is 7.17. The fourth-order valence-corrected chi connectivity index (χ4v) is 5.23. The van der Waals surface area contributed by atoms with Crippen LogP contribution in [0, 0.1) is 11.3 Å². The van der Waals surface area contributed by atoms with Crippen molar-refractivity contribution in [3.05, 3.63) is 87.3 Å². The number of carbonyl (C=O) groups is 2. The Balaban J connectivity index is 1.48. The van der Waals surface area contributed by atoms with Gasteiger partial charge in [0.05, 0.1) is 12.2 Å². The van der Waals surface area contributed by atoms with Crippen molar-refractivity contribution in [1.29, 1.82) is 5.26 Å². The molecule has 1 amide bonds. The number of thiophene rings is 1. The molecule has 0 aliphatic heterocycles. The molecule has 2 aromatic carbocycles. The highest BCUT2D eigenvalue weighted by Gasteiger charge is 2.27. The van der Waals surface area contributed by atoms with Crippen LogP contribution >= 0.6 is 11.3 Å². The lowest BCUT2D eigenvalue weighted by Gasteiger charge is -2.12. The second-order valence-corrected chi connectivity index (χ2v) is 9.21. The van der Waals surface area contributed by atoms with Crippen molar-refractivity contribution in [2.45, 2.75) is 39.2 Å². The number of aryl methyl sites for hydroxylation is 1. The van der Waals surface area contributed by atoms with Crippen molar-refractivity contribution in [3.8, 4) is 11.8 Å². The third kappa shape index (κ3) is 5.97. The summed E-state index contributed by atoms with van der Waals surface area (Å²) in [5.74, 6) is -0.297. The molecule has 1 N–H and O–H groups in total. The maximum Gasteiger partial charge on any atom is 0.341 e. The number of nitrogens with zero attached hydrogens (tertiary/aromatic N) is 1. The van der Waals surface area contributed by atoms with Gasteiger partial charge in [-0.3, -0.25) is 4.79 Å². The quantitative estimate of drug-likeness (QED) is 0.242. The van der Waals surface area contributed by atoms with Gasteiger partial charge in [-0.2, -0.15) is 5.26 Å². The SMILES string of the molecule is CCOC(=O)c1c(NC(=O)/C(C#N)=C/c2ccc(OCc3ccccc3)cc2)sc2c1CCCC2. The summed E-state index contributed by atoms with van der Waals surface area (Å²) < 4.78 is 11.0. The molecule has 7 heteroatoms. The molecule has 35 heavy (non-hydrogen) atoms. The van der Waals surface area contributed by atoms with Crippen molar-refractivity contribution in [2.75, 3.05) is 11.9 Å². The molecule has 1 aliphatic carbocycles. The van der Waals surface area contributed by atoms with E-state index in [1.54, 1.807) is 31.2 Å². The maximum absolute atomic E-state index is 12.9. The van der Waals surface area contributed by atoms with Crippen LogP contribution in [0.1, 0.15) is 51.7 Å². The van der Waals surface area contributed by atoms with Gasteiger partial charge in [-0.1, -0.05) is 42.5 Å². The van der Waals surface area contributed by atoms with E-state index in [2.05, 4.69) is 5.32 Å². The van der Waals surface area contributed by atoms with E-state index >= 15 is 0 Å². The summed E-state index contributed by atoms with van der Waals surface area (Å²) in [6.07, 6.45) is 5.24. The Morgan fingerprint density at radius 2 is 1.83 bits per heavy atom. The number of ether oxygens (including phenoxy) is 2. The summed E-state index contributed by atoms with van der Waals surface area (Å²) in [4.78, 5) is 26.7. The zero-order valence-corrected chi connectivity index (χ0v) is 20.3. The molecule has 4 rings (SSSR count). The van der Waals surface area contributed by atoms with Crippen molar-refractivity contribution >= 4 is 34.3 Å². The molecule has 0 unspecified atom stereocenters. The number of hydrogen-bond acceptors (Lipinski definition) is 6. The minimum absolute atomic E-state index is 0.0517. The van der Waals surface area contributed by atoms with Crippen molar-refractivity contribution in [1.82, 2.24) is 0 Å². The van der Waals surface area contributed by atoms with E-state index in [-0.39, 0.29) is 12.2 Å². The number of nitriles is 1. The van der Waals surface area contributed by atoms with Gasteiger partial charge in [0.1, 0.15) is 29.0 Å². The summed E-state index contributed by atoms with van der Waals surface area (Å²) in [6.45, 7) is 2.46. The fraction of sp³-hybridized carbons (Fsp3) is 0.250. The van der Waals surface area contributed by atoms with Crippen LogP contribution in [0.25, 0.3) is 6.08 Å². The van der Waals surface area contributed by atoms with Gasteiger partial charge in [0.2, 0.25) is 0 Å². The average molecular weight is 487 g/mol. The van der Waals surface area contributed by atoms with Gasteiger partial charge in [0.15, 0.2) is 0 Å². The molecule has 0 radical (unpaired) electrons. The smallest absolute Gasteiger partial charge is 0.341 e. The molecule has 1 aromatic heterocycles. The van der Waals surface area contributed by atoms with E-state index in [4.69, 9.17) is 9.47 Å². The van der Waals surface area contributed by atoms with E-state index in [9.17, 15) is 14.9 Å². The van der Waals surface area contributed by atoms with Crippen LogP contribution in [0.15, 0.2) is 60.2 Å². The molecule has 6 nitrogen and oxygen atoms in total. The summed E-state index contributed by atoms with van der Waals surface area (Å²) >= 11 is 1.40. The average Bonchev–Trinajstić information content (AvgIpc) is 3.25. The maximum atomic E-state index is 12.9. The minimum atomic E-state index is -0.555. The molecule has 0 fully saturated rings. The van der Waals surface area contributed by atoms with Crippen LogP contribution in [0.3, 0.4) is 0 Å². The number of nitrogens with one attached hydrogen (secondary N) is 1. The third-order valence-corrected chi connectivity index (χ3v) is 6.89. The van der Waals surface area contributed by atoms with Crippen molar-refractivity contribution in [2.24, 2.45) is 0 Å². The predicted octanol–water partition coefficient (Wildman–Crippen LogP) is 5.93. The first-order valence-electron chi connectivity index (χ1n) is 11.6. The van der Waals surface area contributed by atoms with Gasteiger partial charge in [-0.15, -0.1) is 11.3 Å². The first-order valence-corrected chi connectivity index (χ1v) is 12.4. The molecule has 3 aromatic rings. The van der Waals surface area contributed by atoms with Gasteiger partial charge in [0.25, 0.3) is 5.91 Å². The zero-order chi connectivity index (χ0) is 24.6. The van der Waals surface area contributed by atoms with Crippen molar-refractivity contribution in [3.63, 3.8) is 0 Å². The minimum Gasteiger partial charge on any atom is -0.489 e. The van der Waals surface area contributed by atoms with Gasteiger partial charge in [0, 0.05) is 4.88 Å². The van der Waals surface area contributed by atoms with E-state index in [1.807, 2.05) is 36.4 Å². The highest BCUT2D eigenvalue weighted by atomic mass is 32.1. The van der Waals surface area contributed by atoms with Gasteiger partial charge >= 0.3 is 5.97 Å². The summed E-state index contributed by atoms with van der Waals surface area (Å²) in [5.41, 5.74) is 3.10. The number of esters is 1. The van der Waals surface area contributed by atoms with Crippen LogP contribution in [0.5, 0.6) is 5.75 Å². The third-order valence-electron chi connectivity index (χ3n) is 5.68. The summed E-state index contributed by atoms with van der Waals surface area (Å²) in [5, 5.41) is 12.9. The van der Waals surface area contributed by atoms with Gasteiger partial charge < -0.3 is 14.8 Å². The van der Waals surface area contributed by atoms with E-state index in [0.717, 1.165) is 41.7 Å².